The summed E-state index contributed by atoms with van der Waals surface area (Å²) in [6, 6.07) is 2.04. The molecule has 0 amide bonds. The SMILES string of the molecule is CCN(CC1CCCO1)c1ccncc1CN. The molecule has 17 heavy (non-hydrogen) atoms. The van der Waals surface area contributed by atoms with Crippen LogP contribution in [0.15, 0.2) is 18.5 Å². The minimum atomic E-state index is 0.369. The van der Waals surface area contributed by atoms with Crippen LogP contribution in [0.5, 0.6) is 0 Å². The lowest BCUT2D eigenvalue weighted by Gasteiger charge is -2.27. The van der Waals surface area contributed by atoms with Gasteiger partial charge in [0.05, 0.1) is 6.10 Å². The number of aromatic nitrogens is 1. The Morgan fingerprint density at radius 1 is 1.59 bits per heavy atom. The smallest absolute Gasteiger partial charge is 0.0750 e. The van der Waals surface area contributed by atoms with E-state index in [4.69, 9.17) is 10.5 Å². The van der Waals surface area contributed by atoms with Crippen LogP contribution < -0.4 is 10.6 Å². The van der Waals surface area contributed by atoms with Crippen LogP contribution in [0.3, 0.4) is 0 Å². The molecule has 1 aliphatic rings. The summed E-state index contributed by atoms with van der Waals surface area (Å²) in [6.45, 7) is 5.52. The molecule has 2 N–H and O–H groups in total. The summed E-state index contributed by atoms with van der Waals surface area (Å²) in [5.74, 6) is 0. The Hall–Kier alpha value is -1.13. The third kappa shape index (κ3) is 2.96. The van der Waals surface area contributed by atoms with E-state index in [0.29, 0.717) is 12.6 Å². The predicted molar refractivity (Wildman–Crippen MR) is 69.0 cm³/mol. The maximum atomic E-state index is 5.75. The zero-order chi connectivity index (χ0) is 12.1. The number of anilines is 1. The van der Waals surface area contributed by atoms with Gasteiger partial charge in [-0.2, -0.15) is 0 Å². The lowest BCUT2D eigenvalue weighted by atomic mass is 10.1. The third-order valence-electron chi connectivity index (χ3n) is 3.27. The van der Waals surface area contributed by atoms with Crippen molar-refractivity contribution < 1.29 is 4.74 Å². The summed E-state index contributed by atoms with van der Waals surface area (Å²) in [6.07, 6.45) is 6.40. The summed E-state index contributed by atoms with van der Waals surface area (Å²) >= 11 is 0. The van der Waals surface area contributed by atoms with Crippen molar-refractivity contribution >= 4 is 5.69 Å². The Morgan fingerprint density at radius 2 is 2.47 bits per heavy atom. The van der Waals surface area contributed by atoms with Crippen molar-refractivity contribution in [3.8, 4) is 0 Å². The molecule has 4 heteroatoms. The molecular weight excluding hydrogens is 214 g/mol. The van der Waals surface area contributed by atoms with Gasteiger partial charge in [0, 0.05) is 49.9 Å². The second-order valence-electron chi connectivity index (χ2n) is 4.38. The molecule has 1 aliphatic heterocycles. The highest BCUT2D eigenvalue weighted by Crippen LogP contribution is 2.21. The van der Waals surface area contributed by atoms with Gasteiger partial charge in [-0.3, -0.25) is 4.98 Å². The zero-order valence-corrected chi connectivity index (χ0v) is 10.4. The Kier molecular flexibility index (Phi) is 4.34. The van der Waals surface area contributed by atoms with Gasteiger partial charge in [0.25, 0.3) is 0 Å². The molecular formula is C13H21N3O. The molecule has 94 valence electrons. The Balaban J connectivity index is 2.10. The van der Waals surface area contributed by atoms with Crippen molar-refractivity contribution in [3.05, 3.63) is 24.0 Å². The fourth-order valence-electron chi connectivity index (χ4n) is 2.32. The number of nitrogens with two attached hydrogens (primary N) is 1. The average molecular weight is 235 g/mol. The number of ether oxygens (including phenoxy) is 1. The molecule has 4 nitrogen and oxygen atoms in total. The first-order chi connectivity index (χ1) is 8.35. The van der Waals surface area contributed by atoms with Gasteiger partial charge in [-0.15, -0.1) is 0 Å². The van der Waals surface area contributed by atoms with Gasteiger partial charge in [-0.25, -0.2) is 0 Å². The van der Waals surface area contributed by atoms with Gasteiger partial charge in [-0.05, 0) is 25.8 Å². The predicted octanol–water partition coefficient (Wildman–Crippen LogP) is 1.55. The van der Waals surface area contributed by atoms with Crippen molar-refractivity contribution in [2.24, 2.45) is 5.73 Å². The molecule has 1 atom stereocenters. The van der Waals surface area contributed by atoms with Gasteiger partial charge in [0.1, 0.15) is 0 Å². The topological polar surface area (TPSA) is 51.4 Å². The maximum absolute atomic E-state index is 5.75. The lowest BCUT2D eigenvalue weighted by Crippen LogP contribution is -2.33. The van der Waals surface area contributed by atoms with E-state index in [0.717, 1.165) is 25.3 Å². The molecule has 0 aliphatic carbocycles. The van der Waals surface area contributed by atoms with Gasteiger partial charge in [0.15, 0.2) is 0 Å². The first-order valence-corrected chi connectivity index (χ1v) is 6.34. The van der Waals surface area contributed by atoms with E-state index in [2.05, 4.69) is 16.8 Å². The largest absolute Gasteiger partial charge is 0.376 e. The molecule has 1 fully saturated rings. The summed E-state index contributed by atoms with van der Waals surface area (Å²) < 4.78 is 5.69. The fraction of sp³-hybridized carbons (Fsp3) is 0.615. The monoisotopic (exact) mass is 235 g/mol. The van der Waals surface area contributed by atoms with Crippen molar-refractivity contribution in [2.45, 2.75) is 32.4 Å². The van der Waals surface area contributed by atoms with Crippen molar-refractivity contribution in [1.29, 1.82) is 0 Å². The fourth-order valence-corrected chi connectivity index (χ4v) is 2.32. The molecule has 1 aromatic rings. The van der Waals surface area contributed by atoms with E-state index < -0.39 is 0 Å². The van der Waals surface area contributed by atoms with Crippen LogP contribution in [0.4, 0.5) is 5.69 Å². The first kappa shape index (κ1) is 12.3. The van der Waals surface area contributed by atoms with Crippen LogP contribution in [0.2, 0.25) is 0 Å². The summed E-state index contributed by atoms with van der Waals surface area (Å²) in [7, 11) is 0. The summed E-state index contributed by atoms with van der Waals surface area (Å²) in [4.78, 5) is 6.46. The van der Waals surface area contributed by atoms with Crippen LogP contribution in [-0.2, 0) is 11.3 Å². The molecule has 0 saturated carbocycles. The second kappa shape index (κ2) is 5.98. The number of rotatable bonds is 5. The Labute approximate surface area is 103 Å². The molecule has 1 unspecified atom stereocenters. The lowest BCUT2D eigenvalue weighted by molar-refractivity contribution is 0.115. The van der Waals surface area contributed by atoms with Gasteiger partial charge < -0.3 is 15.4 Å². The van der Waals surface area contributed by atoms with E-state index >= 15 is 0 Å². The average Bonchev–Trinajstić information content (AvgIpc) is 2.89. The van der Waals surface area contributed by atoms with Crippen LogP contribution in [0.25, 0.3) is 0 Å². The van der Waals surface area contributed by atoms with Crippen LogP contribution in [0.1, 0.15) is 25.3 Å². The highest BCUT2D eigenvalue weighted by molar-refractivity contribution is 5.52. The molecule has 0 radical (unpaired) electrons. The Morgan fingerprint density at radius 3 is 3.12 bits per heavy atom. The zero-order valence-electron chi connectivity index (χ0n) is 10.4. The van der Waals surface area contributed by atoms with E-state index in [1.54, 1.807) is 0 Å². The molecule has 0 bridgehead atoms. The number of pyridine rings is 1. The second-order valence-corrected chi connectivity index (χ2v) is 4.38. The molecule has 1 saturated heterocycles. The molecule has 2 rings (SSSR count). The van der Waals surface area contributed by atoms with Gasteiger partial charge in [0.2, 0.25) is 0 Å². The highest BCUT2D eigenvalue weighted by atomic mass is 16.5. The molecule has 1 aromatic heterocycles. The van der Waals surface area contributed by atoms with Crippen LogP contribution in [-0.4, -0.2) is 30.8 Å². The van der Waals surface area contributed by atoms with Crippen molar-refractivity contribution in [2.75, 3.05) is 24.6 Å². The number of hydrogen-bond acceptors (Lipinski definition) is 4. The Bertz CT molecular complexity index is 350. The van der Waals surface area contributed by atoms with Gasteiger partial charge in [-0.1, -0.05) is 0 Å². The van der Waals surface area contributed by atoms with E-state index in [9.17, 15) is 0 Å². The normalized spacial score (nSPS) is 19.5. The summed E-state index contributed by atoms with van der Waals surface area (Å²) in [5.41, 5.74) is 8.05. The van der Waals surface area contributed by atoms with Crippen LogP contribution in [0, 0.1) is 0 Å². The molecule has 0 spiro atoms. The maximum Gasteiger partial charge on any atom is 0.0750 e. The van der Waals surface area contributed by atoms with E-state index in [1.165, 1.54) is 18.5 Å². The van der Waals surface area contributed by atoms with E-state index in [-0.39, 0.29) is 0 Å². The number of hydrogen-bond donors (Lipinski definition) is 1. The highest BCUT2D eigenvalue weighted by Gasteiger charge is 2.19. The van der Waals surface area contributed by atoms with Gasteiger partial charge >= 0.3 is 0 Å². The quantitative estimate of drug-likeness (QED) is 0.841. The molecule has 2 heterocycles. The van der Waals surface area contributed by atoms with Crippen molar-refractivity contribution in [1.82, 2.24) is 4.98 Å². The number of likely N-dealkylation sites (N-methyl/N-ethyl adjacent to an activating group) is 1. The minimum absolute atomic E-state index is 0.369. The minimum Gasteiger partial charge on any atom is -0.376 e. The third-order valence-corrected chi connectivity index (χ3v) is 3.27. The van der Waals surface area contributed by atoms with Crippen molar-refractivity contribution in [3.63, 3.8) is 0 Å². The molecule has 0 aromatic carbocycles. The first-order valence-electron chi connectivity index (χ1n) is 6.34. The number of nitrogens with zero attached hydrogens (tertiary/aromatic N) is 2. The van der Waals surface area contributed by atoms with E-state index in [1.807, 2.05) is 18.5 Å². The standard InChI is InChI=1S/C13H21N3O/c1-2-16(10-12-4-3-7-17-12)13-5-6-15-9-11(13)8-14/h5-6,9,12H,2-4,7-8,10,14H2,1H3. The summed E-state index contributed by atoms with van der Waals surface area (Å²) in [5, 5.41) is 0. The van der Waals surface area contributed by atoms with Crippen LogP contribution >= 0.6 is 0 Å².